The van der Waals surface area contributed by atoms with Gasteiger partial charge < -0.3 is 14.8 Å². The Balaban J connectivity index is 1.57. The molecule has 1 aliphatic rings. The normalized spacial score (nSPS) is 20.0. The van der Waals surface area contributed by atoms with Crippen molar-refractivity contribution in [2.24, 2.45) is 0 Å². The minimum Gasteiger partial charge on any atom is -0.406 e. The van der Waals surface area contributed by atoms with Crippen molar-refractivity contribution >= 4 is 11.5 Å². The lowest BCUT2D eigenvalue weighted by atomic mass is 9.93. The number of ether oxygens (including phenoxy) is 2. The number of anilines is 1. The number of halogens is 3. The molecule has 6 nitrogen and oxygen atoms in total. The van der Waals surface area contributed by atoms with Crippen LogP contribution >= 0.6 is 0 Å². The number of fused-ring (bicyclic) bond motifs is 1. The number of aromatic nitrogens is 3. The van der Waals surface area contributed by atoms with Gasteiger partial charge in [0.15, 0.2) is 5.65 Å². The van der Waals surface area contributed by atoms with Crippen LogP contribution in [-0.2, 0) is 4.74 Å². The van der Waals surface area contributed by atoms with Crippen molar-refractivity contribution in [1.29, 1.82) is 0 Å². The first-order valence-corrected chi connectivity index (χ1v) is 9.41. The summed E-state index contributed by atoms with van der Waals surface area (Å²) in [5.74, 6) is 0.432. The first-order chi connectivity index (χ1) is 13.9. The van der Waals surface area contributed by atoms with Gasteiger partial charge >= 0.3 is 6.36 Å². The second-order valence-corrected chi connectivity index (χ2v) is 7.07. The van der Waals surface area contributed by atoms with Gasteiger partial charge in [-0.25, -0.2) is 9.50 Å². The van der Waals surface area contributed by atoms with Crippen molar-refractivity contribution in [1.82, 2.24) is 14.6 Å². The van der Waals surface area contributed by atoms with E-state index in [4.69, 9.17) is 4.74 Å². The minimum atomic E-state index is -4.74. The number of benzene rings is 1. The van der Waals surface area contributed by atoms with Gasteiger partial charge in [0.05, 0.1) is 12.3 Å². The van der Waals surface area contributed by atoms with Crippen LogP contribution in [-0.4, -0.2) is 40.2 Å². The summed E-state index contributed by atoms with van der Waals surface area (Å²) in [6.45, 7) is 0. The van der Waals surface area contributed by atoms with Crippen molar-refractivity contribution in [2.75, 3.05) is 12.4 Å². The number of hydrogen-bond acceptors (Lipinski definition) is 5. The lowest BCUT2D eigenvalue weighted by molar-refractivity contribution is -0.274. The fourth-order valence-corrected chi connectivity index (χ4v) is 3.67. The van der Waals surface area contributed by atoms with E-state index in [2.05, 4.69) is 20.1 Å². The van der Waals surface area contributed by atoms with Crippen molar-refractivity contribution in [3.8, 4) is 16.9 Å². The van der Waals surface area contributed by atoms with Gasteiger partial charge in [-0.2, -0.15) is 5.10 Å². The van der Waals surface area contributed by atoms with Gasteiger partial charge in [-0.3, -0.25) is 0 Å². The number of methoxy groups -OCH3 is 1. The van der Waals surface area contributed by atoms with Crippen LogP contribution in [0.2, 0.25) is 0 Å². The van der Waals surface area contributed by atoms with Gasteiger partial charge in [0.2, 0.25) is 0 Å². The third kappa shape index (κ3) is 4.61. The molecule has 3 aromatic rings. The molecule has 2 aromatic heterocycles. The Morgan fingerprint density at radius 1 is 1.14 bits per heavy atom. The Morgan fingerprint density at radius 3 is 2.66 bits per heavy atom. The Labute approximate surface area is 165 Å². The summed E-state index contributed by atoms with van der Waals surface area (Å²) in [6, 6.07) is 7.96. The fraction of sp³-hybridized carbons (Fsp3) is 0.400. The quantitative estimate of drug-likeness (QED) is 0.668. The molecule has 29 heavy (non-hydrogen) atoms. The van der Waals surface area contributed by atoms with E-state index in [0.29, 0.717) is 34.7 Å². The van der Waals surface area contributed by atoms with E-state index < -0.39 is 6.36 Å². The SMILES string of the molecule is COC1CCC(Nc2ccn3ncc(-c4cccc(OC(F)(F)F)c4)c3n2)CC1. The molecular weight excluding hydrogens is 385 g/mol. The smallest absolute Gasteiger partial charge is 0.406 e. The van der Waals surface area contributed by atoms with Crippen LogP contribution in [0.1, 0.15) is 25.7 Å². The van der Waals surface area contributed by atoms with Gasteiger partial charge in [-0.05, 0) is 49.4 Å². The molecule has 1 fully saturated rings. The molecule has 2 heterocycles. The van der Waals surface area contributed by atoms with Gasteiger partial charge in [0, 0.05) is 24.9 Å². The molecule has 0 unspecified atom stereocenters. The molecule has 0 radical (unpaired) electrons. The second kappa shape index (κ2) is 7.90. The van der Waals surface area contributed by atoms with Crippen LogP contribution in [0.3, 0.4) is 0 Å². The summed E-state index contributed by atoms with van der Waals surface area (Å²) < 4.78 is 48.6. The van der Waals surface area contributed by atoms with Crippen LogP contribution in [0.15, 0.2) is 42.7 Å². The van der Waals surface area contributed by atoms with Crippen LogP contribution in [0, 0.1) is 0 Å². The summed E-state index contributed by atoms with van der Waals surface area (Å²) in [5.41, 5.74) is 1.74. The maximum absolute atomic E-state index is 12.5. The molecule has 0 saturated heterocycles. The monoisotopic (exact) mass is 406 g/mol. The molecule has 1 N–H and O–H groups in total. The number of hydrogen-bond donors (Lipinski definition) is 1. The molecule has 0 bridgehead atoms. The van der Waals surface area contributed by atoms with E-state index in [-0.39, 0.29) is 5.75 Å². The first-order valence-electron chi connectivity index (χ1n) is 9.41. The molecule has 0 atom stereocenters. The zero-order valence-corrected chi connectivity index (χ0v) is 15.8. The molecule has 9 heteroatoms. The average molecular weight is 406 g/mol. The Hall–Kier alpha value is -2.81. The Bertz CT molecular complexity index is 981. The number of nitrogens with zero attached hydrogens (tertiary/aromatic N) is 3. The molecule has 1 aromatic carbocycles. The summed E-state index contributed by atoms with van der Waals surface area (Å²) in [5, 5.41) is 7.70. The van der Waals surface area contributed by atoms with Crippen molar-refractivity contribution in [3.05, 3.63) is 42.7 Å². The molecular formula is C20H21F3N4O2. The highest BCUT2D eigenvalue weighted by molar-refractivity contribution is 5.78. The van der Waals surface area contributed by atoms with Crippen LogP contribution in [0.5, 0.6) is 5.75 Å². The van der Waals surface area contributed by atoms with Gasteiger partial charge in [0.25, 0.3) is 0 Å². The fourth-order valence-electron chi connectivity index (χ4n) is 3.67. The van der Waals surface area contributed by atoms with E-state index in [9.17, 15) is 13.2 Å². The predicted octanol–water partition coefficient (Wildman–Crippen LogP) is 4.66. The lowest BCUT2D eigenvalue weighted by Gasteiger charge is -2.28. The highest BCUT2D eigenvalue weighted by atomic mass is 19.4. The van der Waals surface area contributed by atoms with Crippen LogP contribution in [0.25, 0.3) is 16.8 Å². The lowest BCUT2D eigenvalue weighted by Crippen LogP contribution is -2.29. The minimum absolute atomic E-state index is 0.279. The average Bonchev–Trinajstić information content (AvgIpc) is 3.11. The zero-order valence-electron chi connectivity index (χ0n) is 15.8. The van der Waals surface area contributed by atoms with E-state index in [1.54, 1.807) is 30.1 Å². The molecule has 0 spiro atoms. The van der Waals surface area contributed by atoms with E-state index >= 15 is 0 Å². The molecule has 0 aliphatic heterocycles. The molecule has 154 valence electrons. The number of nitrogens with one attached hydrogen (secondary N) is 1. The topological polar surface area (TPSA) is 60.7 Å². The first kappa shape index (κ1) is 19.5. The van der Waals surface area contributed by atoms with Gasteiger partial charge in [-0.1, -0.05) is 12.1 Å². The number of rotatable bonds is 5. The largest absolute Gasteiger partial charge is 0.573 e. The van der Waals surface area contributed by atoms with Crippen molar-refractivity contribution in [2.45, 2.75) is 44.2 Å². The van der Waals surface area contributed by atoms with E-state index in [1.165, 1.54) is 18.2 Å². The van der Waals surface area contributed by atoms with Gasteiger partial charge in [-0.15, -0.1) is 13.2 Å². The van der Waals surface area contributed by atoms with Crippen molar-refractivity contribution in [3.63, 3.8) is 0 Å². The Kier molecular flexibility index (Phi) is 5.31. The zero-order chi connectivity index (χ0) is 20.4. The third-order valence-corrected chi connectivity index (χ3v) is 5.11. The summed E-state index contributed by atoms with van der Waals surface area (Å²) in [4.78, 5) is 4.64. The Morgan fingerprint density at radius 2 is 1.93 bits per heavy atom. The molecule has 1 saturated carbocycles. The maximum Gasteiger partial charge on any atom is 0.573 e. The maximum atomic E-state index is 12.5. The number of alkyl halides is 3. The third-order valence-electron chi connectivity index (χ3n) is 5.11. The molecule has 0 amide bonds. The molecule has 1 aliphatic carbocycles. The van der Waals surface area contributed by atoms with E-state index in [0.717, 1.165) is 25.7 Å². The van der Waals surface area contributed by atoms with Crippen LogP contribution in [0.4, 0.5) is 19.0 Å². The highest BCUT2D eigenvalue weighted by Crippen LogP contribution is 2.30. The molecule has 4 rings (SSSR count). The highest BCUT2D eigenvalue weighted by Gasteiger charge is 2.31. The second-order valence-electron chi connectivity index (χ2n) is 7.07. The predicted molar refractivity (Wildman–Crippen MR) is 102 cm³/mol. The summed E-state index contributed by atoms with van der Waals surface area (Å²) >= 11 is 0. The van der Waals surface area contributed by atoms with Gasteiger partial charge in [0.1, 0.15) is 11.6 Å². The van der Waals surface area contributed by atoms with Crippen molar-refractivity contribution < 1.29 is 22.6 Å². The van der Waals surface area contributed by atoms with E-state index in [1.807, 2.05) is 6.07 Å². The summed E-state index contributed by atoms with van der Waals surface area (Å²) in [6.07, 6.45) is 2.93. The standard InChI is InChI=1S/C20H21F3N4O2/c1-28-15-7-5-14(6-8-15)25-18-9-10-27-19(26-18)17(12-24-27)13-3-2-4-16(11-13)29-20(21,22)23/h2-4,9-12,14-15H,5-8H2,1H3,(H,25,26). The van der Waals surface area contributed by atoms with Crippen LogP contribution < -0.4 is 10.1 Å². The summed E-state index contributed by atoms with van der Waals surface area (Å²) in [7, 11) is 1.74.